The lowest BCUT2D eigenvalue weighted by Crippen LogP contribution is -2.29. The maximum Gasteiger partial charge on any atom is 0.230 e. The summed E-state index contributed by atoms with van der Waals surface area (Å²) >= 11 is 3.87. The maximum atomic E-state index is 12.6. The zero-order valence-electron chi connectivity index (χ0n) is 22.0. The number of aromatic nitrogens is 1. The van der Waals surface area contributed by atoms with Crippen molar-refractivity contribution in [2.24, 2.45) is 0 Å². The van der Waals surface area contributed by atoms with E-state index >= 15 is 0 Å². The van der Waals surface area contributed by atoms with E-state index in [-0.39, 0.29) is 16.7 Å². The van der Waals surface area contributed by atoms with Crippen LogP contribution in [0.5, 0.6) is 0 Å². The lowest BCUT2D eigenvalue weighted by Gasteiger charge is -2.32. The summed E-state index contributed by atoms with van der Waals surface area (Å²) in [7, 11) is 0. The van der Waals surface area contributed by atoms with Crippen molar-refractivity contribution in [3.05, 3.63) is 58.9 Å². The minimum atomic E-state index is 0.104. The van der Waals surface area contributed by atoms with Crippen LogP contribution in [0, 0.1) is 6.92 Å². The number of hydrogen-bond acceptors (Lipinski definition) is 4. The van der Waals surface area contributed by atoms with Crippen molar-refractivity contribution >= 4 is 29.4 Å². The van der Waals surface area contributed by atoms with Crippen LogP contribution >= 0.6 is 23.5 Å². The van der Waals surface area contributed by atoms with Crippen molar-refractivity contribution in [3.8, 4) is 0 Å². The van der Waals surface area contributed by atoms with Crippen LogP contribution in [-0.2, 0) is 22.2 Å². The highest BCUT2D eigenvalue weighted by Crippen LogP contribution is 2.42. The van der Waals surface area contributed by atoms with E-state index in [2.05, 4.69) is 70.0 Å². The summed E-state index contributed by atoms with van der Waals surface area (Å²) < 4.78 is 0. The molecular weight excluding hydrogens is 456 g/mol. The van der Waals surface area contributed by atoms with Crippen LogP contribution in [0.15, 0.2) is 41.3 Å². The normalized spacial score (nSPS) is 19.1. The van der Waals surface area contributed by atoms with Gasteiger partial charge in [0.15, 0.2) is 0 Å². The molecule has 1 heterocycles. The Balaban J connectivity index is 1.64. The molecule has 1 aliphatic carbocycles. The van der Waals surface area contributed by atoms with Gasteiger partial charge in [-0.1, -0.05) is 66.5 Å². The summed E-state index contributed by atoms with van der Waals surface area (Å²) in [5.41, 5.74) is 4.97. The number of nitrogens with zero attached hydrogens (tertiary/aromatic N) is 1. The monoisotopic (exact) mass is 498 g/mol. The molecule has 1 aromatic carbocycles. The number of carbonyl (C=O) groups is 1. The molecule has 0 bridgehead atoms. The Hall–Kier alpha value is -1.46. The van der Waals surface area contributed by atoms with Crippen LogP contribution in [0.3, 0.4) is 0 Å². The largest absolute Gasteiger partial charge is 0.350 e. The molecule has 3 nitrogen and oxygen atoms in total. The van der Waals surface area contributed by atoms with Gasteiger partial charge >= 0.3 is 0 Å². The second kappa shape index (κ2) is 11.5. The van der Waals surface area contributed by atoms with E-state index in [4.69, 9.17) is 0 Å². The standard InChI is InChI=1S/C29H42N2OS2/c1-20-11-10-12-23(31-20)18-30-27(32)19-33-25-13-8-9-14-26(25)34-24-16-21(28(2,3)4)15-22(17-24)29(5,6)7/h10-12,15-17,25-26H,8-9,13-14,18-19H2,1-7H3,(H,30,32). The van der Waals surface area contributed by atoms with E-state index in [0.29, 0.717) is 22.8 Å². The molecule has 1 aliphatic rings. The summed E-state index contributed by atoms with van der Waals surface area (Å²) in [4.78, 5) is 18.4. The molecule has 3 rings (SSSR count). The first-order valence-electron chi connectivity index (χ1n) is 12.6. The first-order valence-corrected chi connectivity index (χ1v) is 14.5. The maximum absolute atomic E-state index is 12.6. The number of carbonyl (C=O) groups excluding carboxylic acids is 1. The molecule has 2 unspecified atom stereocenters. The summed E-state index contributed by atoms with van der Waals surface area (Å²) in [5.74, 6) is 0.621. The summed E-state index contributed by atoms with van der Waals surface area (Å²) in [5, 5.41) is 4.11. The highest BCUT2D eigenvalue weighted by atomic mass is 32.2. The molecule has 0 radical (unpaired) electrons. The van der Waals surface area contributed by atoms with E-state index in [1.165, 1.54) is 41.7 Å². The fraction of sp³-hybridized carbons (Fsp3) is 0.586. The van der Waals surface area contributed by atoms with Crippen molar-refractivity contribution in [2.75, 3.05) is 5.75 Å². The molecule has 1 saturated carbocycles. The van der Waals surface area contributed by atoms with E-state index in [0.717, 1.165) is 11.4 Å². The van der Waals surface area contributed by atoms with Crippen LogP contribution in [0.25, 0.3) is 0 Å². The van der Waals surface area contributed by atoms with E-state index in [9.17, 15) is 4.79 Å². The summed E-state index contributed by atoms with van der Waals surface area (Å²) in [6, 6.07) is 13.1. The van der Waals surface area contributed by atoms with E-state index < -0.39 is 0 Å². The first-order chi connectivity index (χ1) is 15.9. The Morgan fingerprint density at radius 2 is 1.59 bits per heavy atom. The van der Waals surface area contributed by atoms with Crippen molar-refractivity contribution in [1.29, 1.82) is 0 Å². The fourth-order valence-corrected chi connectivity index (χ4v) is 7.08. The quantitative estimate of drug-likeness (QED) is 0.431. The Labute approximate surface area is 215 Å². The third kappa shape index (κ3) is 8.05. The third-order valence-electron chi connectivity index (χ3n) is 6.41. The van der Waals surface area contributed by atoms with Crippen LogP contribution in [-0.4, -0.2) is 27.1 Å². The molecular formula is C29H42N2OS2. The molecule has 5 heteroatoms. The molecule has 1 N–H and O–H groups in total. The van der Waals surface area contributed by atoms with Crippen LogP contribution < -0.4 is 5.32 Å². The average Bonchev–Trinajstić information content (AvgIpc) is 2.76. The molecule has 0 aliphatic heterocycles. The van der Waals surface area contributed by atoms with Gasteiger partial charge in [-0.25, -0.2) is 0 Å². The number of benzene rings is 1. The second-order valence-corrected chi connectivity index (χ2v) is 14.1. The molecule has 2 aromatic rings. The smallest absolute Gasteiger partial charge is 0.230 e. The Bertz CT molecular complexity index is 943. The van der Waals surface area contributed by atoms with Gasteiger partial charge in [-0.05, 0) is 66.0 Å². The number of rotatable bonds is 7. The topological polar surface area (TPSA) is 42.0 Å². The fourth-order valence-electron chi connectivity index (χ4n) is 4.22. The average molecular weight is 499 g/mol. The van der Waals surface area contributed by atoms with Gasteiger partial charge in [-0.2, -0.15) is 0 Å². The molecule has 0 saturated heterocycles. The van der Waals surface area contributed by atoms with Gasteiger partial charge < -0.3 is 5.32 Å². The zero-order chi connectivity index (χ0) is 24.9. The van der Waals surface area contributed by atoms with Gasteiger partial charge in [0.05, 0.1) is 18.0 Å². The lowest BCUT2D eigenvalue weighted by atomic mass is 9.81. The number of pyridine rings is 1. The molecule has 0 spiro atoms. The van der Waals surface area contributed by atoms with Crippen molar-refractivity contribution in [1.82, 2.24) is 10.3 Å². The van der Waals surface area contributed by atoms with Gasteiger partial charge in [-0.3, -0.25) is 9.78 Å². The van der Waals surface area contributed by atoms with Crippen LogP contribution in [0.4, 0.5) is 0 Å². The molecule has 2 atom stereocenters. The van der Waals surface area contributed by atoms with Crippen molar-refractivity contribution in [3.63, 3.8) is 0 Å². The minimum Gasteiger partial charge on any atom is -0.350 e. The number of amides is 1. The zero-order valence-corrected chi connectivity index (χ0v) is 23.7. The second-order valence-electron chi connectivity index (χ2n) is 11.6. The molecule has 1 aromatic heterocycles. The summed E-state index contributed by atoms with van der Waals surface area (Å²) in [6.45, 7) is 16.3. The van der Waals surface area contributed by atoms with Gasteiger partial charge in [0.2, 0.25) is 5.91 Å². The number of aryl methyl sites for hydroxylation is 1. The molecule has 186 valence electrons. The van der Waals surface area contributed by atoms with Crippen LogP contribution in [0.2, 0.25) is 0 Å². The van der Waals surface area contributed by atoms with E-state index in [1.54, 1.807) is 0 Å². The van der Waals surface area contributed by atoms with Crippen LogP contribution in [0.1, 0.15) is 89.7 Å². The Morgan fingerprint density at radius 3 is 2.18 bits per heavy atom. The summed E-state index contributed by atoms with van der Waals surface area (Å²) in [6.07, 6.45) is 4.96. The minimum absolute atomic E-state index is 0.104. The van der Waals surface area contributed by atoms with Gasteiger partial charge in [-0.15, -0.1) is 23.5 Å². The number of hydrogen-bond donors (Lipinski definition) is 1. The van der Waals surface area contributed by atoms with Gasteiger partial charge in [0.1, 0.15) is 0 Å². The first kappa shape index (κ1) is 27.1. The van der Waals surface area contributed by atoms with Crippen molar-refractivity contribution < 1.29 is 4.79 Å². The highest BCUT2D eigenvalue weighted by Gasteiger charge is 2.28. The molecule has 1 amide bonds. The number of thioether (sulfide) groups is 2. The SMILES string of the molecule is Cc1cccc(CNC(=O)CSC2CCCCC2Sc2cc(C(C)(C)C)cc(C(C)(C)C)c2)n1. The molecule has 34 heavy (non-hydrogen) atoms. The predicted octanol–water partition coefficient (Wildman–Crippen LogP) is 7.44. The number of nitrogens with one attached hydrogen (secondary N) is 1. The highest BCUT2D eigenvalue weighted by molar-refractivity contribution is 8.04. The Morgan fingerprint density at radius 1 is 0.971 bits per heavy atom. The lowest BCUT2D eigenvalue weighted by molar-refractivity contribution is -0.118. The predicted molar refractivity (Wildman–Crippen MR) is 149 cm³/mol. The van der Waals surface area contributed by atoms with Crippen molar-refractivity contribution in [2.45, 2.75) is 107 Å². The third-order valence-corrected chi connectivity index (χ3v) is 9.38. The van der Waals surface area contributed by atoms with E-state index in [1.807, 2.05) is 48.6 Å². The van der Waals surface area contributed by atoms with Gasteiger partial charge in [0, 0.05) is 21.1 Å². The van der Waals surface area contributed by atoms with Gasteiger partial charge in [0.25, 0.3) is 0 Å². The Kier molecular flexibility index (Phi) is 9.19. The molecule has 1 fully saturated rings.